The molecule has 0 spiro atoms. The van der Waals surface area contributed by atoms with Gasteiger partial charge >= 0.3 is 0 Å². The van der Waals surface area contributed by atoms with Gasteiger partial charge in [0.25, 0.3) is 0 Å². The van der Waals surface area contributed by atoms with Gasteiger partial charge in [-0.3, -0.25) is 0 Å². The first-order valence-corrected chi connectivity index (χ1v) is 10.5. The van der Waals surface area contributed by atoms with E-state index in [4.69, 9.17) is 9.47 Å². The lowest BCUT2D eigenvalue weighted by Crippen LogP contribution is -2.23. The molecule has 0 saturated carbocycles. The normalized spacial score (nSPS) is 13.1. The predicted molar refractivity (Wildman–Crippen MR) is 101 cm³/mol. The minimum Gasteiger partial charge on any atom is -0.454 e. The summed E-state index contributed by atoms with van der Waals surface area (Å²) in [6, 6.07) is 12.6. The summed E-state index contributed by atoms with van der Waals surface area (Å²) in [5.74, 6) is 1.33. The van der Waals surface area contributed by atoms with Gasteiger partial charge in [0, 0.05) is 6.54 Å². The first kappa shape index (κ1) is 18.7. The van der Waals surface area contributed by atoms with Crippen molar-refractivity contribution in [3.05, 3.63) is 53.6 Å². The molecule has 0 saturated heterocycles. The van der Waals surface area contributed by atoms with Gasteiger partial charge < -0.3 is 9.47 Å². The number of unbranched alkanes of at least 4 members (excludes halogenated alkanes) is 3. The Balaban J connectivity index is 1.57. The molecular formula is C20H25NO4S. The molecule has 2 aromatic rings. The monoisotopic (exact) mass is 375 g/mol. The van der Waals surface area contributed by atoms with Crippen LogP contribution in [-0.4, -0.2) is 15.2 Å². The van der Waals surface area contributed by atoms with E-state index in [0.29, 0.717) is 11.5 Å². The topological polar surface area (TPSA) is 64.6 Å². The van der Waals surface area contributed by atoms with Crippen molar-refractivity contribution in [1.82, 2.24) is 4.72 Å². The Morgan fingerprint density at radius 3 is 2.42 bits per heavy atom. The summed E-state index contributed by atoms with van der Waals surface area (Å²) >= 11 is 0. The smallest absolute Gasteiger partial charge is 0.240 e. The largest absolute Gasteiger partial charge is 0.454 e. The summed E-state index contributed by atoms with van der Waals surface area (Å²) in [6.45, 7) is 2.60. The molecule has 1 heterocycles. The van der Waals surface area contributed by atoms with Crippen LogP contribution in [0.25, 0.3) is 0 Å². The van der Waals surface area contributed by atoms with Gasteiger partial charge in [-0.1, -0.05) is 44.4 Å². The van der Waals surface area contributed by atoms with Crippen molar-refractivity contribution in [1.29, 1.82) is 0 Å². The lowest BCUT2D eigenvalue weighted by Gasteiger charge is -2.08. The van der Waals surface area contributed by atoms with Crippen LogP contribution < -0.4 is 14.2 Å². The molecule has 5 nitrogen and oxygen atoms in total. The molecule has 0 amide bonds. The Morgan fingerprint density at radius 1 is 0.923 bits per heavy atom. The van der Waals surface area contributed by atoms with E-state index >= 15 is 0 Å². The van der Waals surface area contributed by atoms with Gasteiger partial charge in [-0.05, 0) is 48.2 Å². The van der Waals surface area contributed by atoms with Crippen LogP contribution >= 0.6 is 0 Å². The van der Waals surface area contributed by atoms with Crippen LogP contribution in [0.1, 0.15) is 43.7 Å². The lowest BCUT2D eigenvalue weighted by atomic mass is 10.1. The van der Waals surface area contributed by atoms with Crippen LogP contribution in [0.5, 0.6) is 11.5 Å². The number of rotatable bonds is 9. The maximum Gasteiger partial charge on any atom is 0.240 e. The fourth-order valence-corrected chi connectivity index (χ4v) is 3.92. The summed E-state index contributed by atoms with van der Waals surface area (Å²) in [5.41, 5.74) is 2.00. The highest BCUT2D eigenvalue weighted by Crippen LogP contribution is 2.32. The summed E-state index contributed by atoms with van der Waals surface area (Å²) in [7, 11) is -3.54. The molecule has 1 aliphatic heterocycles. The minimum atomic E-state index is -3.54. The molecule has 0 unspecified atom stereocenters. The van der Waals surface area contributed by atoms with Crippen molar-refractivity contribution >= 4 is 10.0 Å². The van der Waals surface area contributed by atoms with E-state index in [1.54, 1.807) is 24.3 Å². The SMILES string of the molecule is CCCCCCc1ccc(S(=O)(=O)NCc2ccc3c(c2)OCO3)cc1. The Bertz CT molecular complexity index is 831. The highest BCUT2D eigenvalue weighted by atomic mass is 32.2. The molecule has 140 valence electrons. The number of nitrogens with one attached hydrogen (secondary N) is 1. The second kappa shape index (κ2) is 8.56. The molecule has 3 rings (SSSR count). The number of ether oxygens (including phenoxy) is 2. The highest BCUT2D eigenvalue weighted by molar-refractivity contribution is 7.89. The number of hydrogen-bond donors (Lipinski definition) is 1. The van der Waals surface area contributed by atoms with E-state index in [1.165, 1.54) is 24.8 Å². The van der Waals surface area contributed by atoms with Crippen LogP contribution in [-0.2, 0) is 23.0 Å². The molecule has 0 fully saturated rings. The molecule has 0 aromatic heterocycles. The predicted octanol–water partition coefficient (Wildman–Crippen LogP) is 4.02. The van der Waals surface area contributed by atoms with Gasteiger partial charge in [0.05, 0.1) is 4.90 Å². The molecule has 26 heavy (non-hydrogen) atoms. The maximum absolute atomic E-state index is 12.5. The zero-order valence-electron chi connectivity index (χ0n) is 15.0. The van der Waals surface area contributed by atoms with E-state index in [9.17, 15) is 8.42 Å². The maximum atomic E-state index is 12.5. The van der Waals surface area contributed by atoms with Crippen molar-refractivity contribution < 1.29 is 17.9 Å². The van der Waals surface area contributed by atoms with Gasteiger partial charge in [-0.15, -0.1) is 0 Å². The third-order valence-electron chi connectivity index (χ3n) is 4.46. The summed E-state index contributed by atoms with van der Waals surface area (Å²) in [5, 5.41) is 0. The van der Waals surface area contributed by atoms with E-state index in [1.807, 2.05) is 18.2 Å². The van der Waals surface area contributed by atoms with Crippen molar-refractivity contribution in [2.45, 2.75) is 50.5 Å². The molecule has 2 aromatic carbocycles. The number of hydrogen-bond acceptors (Lipinski definition) is 4. The number of benzene rings is 2. The van der Waals surface area contributed by atoms with Gasteiger partial charge in [-0.2, -0.15) is 0 Å². The third-order valence-corrected chi connectivity index (χ3v) is 5.87. The van der Waals surface area contributed by atoms with Crippen molar-refractivity contribution in [3.63, 3.8) is 0 Å². The van der Waals surface area contributed by atoms with Gasteiger partial charge in [0.2, 0.25) is 16.8 Å². The van der Waals surface area contributed by atoms with Gasteiger partial charge in [-0.25, -0.2) is 13.1 Å². The van der Waals surface area contributed by atoms with Crippen LogP contribution in [0.2, 0.25) is 0 Å². The molecule has 1 aliphatic rings. The summed E-state index contributed by atoms with van der Waals surface area (Å²) < 4.78 is 38.2. The Hall–Kier alpha value is -2.05. The Labute approximate surface area is 155 Å². The number of fused-ring (bicyclic) bond motifs is 1. The van der Waals surface area contributed by atoms with E-state index in [0.717, 1.165) is 18.4 Å². The lowest BCUT2D eigenvalue weighted by molar-refractivity contribution is 0.174. The van der Waals surface area contributed by atoms with Crippen LogP contribution in [0, 0.1) is 0 Å². The second-order valence-electron chi connectivity index (χ2n) is 6.47. The first-order chi connectivity index (χ1) is 12.6. The third kappa shape index (κ3) is 4.77. The summed E-state index contributed by atoms with van der Waals surface area (Å²) in [6.07, 6.45) is 5.81. The number of aryl methyl sites for hydroxylation is 1. The molecule has 0 aliphatic carbocycles. The van der Waals surface area contributed by atoms with Crippen molar-refractivity contribution in [2.75, 3.05) is 6.79 Å². The molecule has 1 N–H and O–H groups in total. The zero-order valence-corrected chi connectivity index (χ0v) is 15.8. The first-order valence-electron chi connectivity index (χ1n) is 9.05. The second-order valence-corrected chi connectivity index (χ2v) is 8.23. The van der Waals surface area contributed by atoms with Crippen LogP contribution in [0.4, 0.5) is 0 Å². The van der Waals surface area contributed by atoms with Crippen molar-refractivity contribution in [3.8, 4) is 11.5 Å². The minimum absolute atomic E-state index is 0.204. The van der Waals surface area contributed by atoms with Gasteiger partial charge in [0.15, 0.2) is 11.5 Å². The van der Waals surface area contributed by atoms with Crippen LogP contribution in [0.3, 0.4) is 0 Å². The van der Waals surface area contributed by atoms with Crippen LogP contribution in [0.15, 0.2) is 47.4 Å². The molecule has 0 radical (unpaired) electrons. The highest BCUT2D eigenvalue weighted by Gasteiger charge is 2.16. The quantitative estimate of drug-likeness (QED) is 0.673. The van der Waals surface area contributed by atoms with Crippen molar-refractivity contribution in [2.24, 2.45) is 0 Å². The average molecular weight is 375 g/mol. The summed E-state index contributed by atoms with van der Waals surface area (Å²) in [4.78, 5) is 0.288. The zero-order chi connectivity index (χ0) is 18.4. The van der Waals surface area contributed by atoms with E-state index in [2.05, 4.69) is 11.6 Å². The Morgan fingerprint density at radius 2 is 1.65 bits per heavy atom. The van der Waals surface area contributed by atoms with E-state index in [-0.39, 0.29) is 18.2 Å². The fraction of sp³-hybridized carbons (Fsp3) is 0.400. The molecular weight excluding hydrogens is 350 g/mol. The molecule has 6 heteroatoms. The number of sulfonamides is 1. The average Bonchev–Trinajstić information content (AvgIpc) is 3.12. The molecule has 0 atom stereocenters. The molecule has 0 bridgehead atoms. The fourth-order valence-electron chi connectivity index (χ4n) is 2.90. The Kier molecular flexibility index (Phi) is 6.16. The van der Waals surface area contributed by atoms with Gasteiger partial charge in [0.1, 0.15) is 0 Å². The standard InChI is InChI=1S/C20H25NO4S/c1-2-3-4-5-6-16-7-10-18(11-8-16)26(22,23)21-14-17-9-12-19-20(13-17)25-15-24-19/h7-13,21H,2-6,14-15H2,1H3. The van der Waals surface area contributed by atoms with E-state index < -0.39 is 10.0 Å².